The molecular weight excluding hydrogens is 400 g/mol. The molecule has 30 heavy (non-hydrogen) atoms. The second-order valence-electron chi connectivity index (χ2n) is 7.22. The molecule has 2 N–H and O–H groups in total. The highest BCUT2D eigenvalue weighted by atomic mass is 35.5. The van der Waals surface area contributed by atoms with E-state index in [0.29, 0.717) is 34.8 Å². The molecule has 1 aliphatic heterocycles. The van der Waals surface area contributed by atoms with E-state index in [1.807, 2.05) is 54.6 Å². The number of rotatable bonds is 3. The molecule has 3 aromatic rings. The average Bonchev–Trinajstić information content (AvgIpc) is 3.23. The Morgan fingerprint density at radius 3 is 2.70 bits per heavy atom. The van der Waals surface area contributed by atoms with Gasteiger partial charge < -0.3 is 9.73 Å². The van der Waals surface area contributed by atoms with Crippen molar-refractivity contribution in [2.24, 2.45) is 4.99 Å². The number of carbonyl (C=O) groups is 1. The van der Waals surface area contributed by atoms with Crippen molar-refractivity contribution in [3.8, 4) is 11.3 Å². The molecule has 2 heterocycles. The van der Waals surface area contributed by atoms with Crippen molar-refractivity contribution in [2.45, 2.75) is 25.3 Å². The van der Waals surface area contributed by atoms with Crippen LogP contribution in [0.15, 0.2) is 81.5 Å². The van der Waals surface area contributed by atoms with Gasteiger partial charge >= 0.3 is 6.01 Å². The Morgan fingerprint density at radius 2 is 1.87 bits per heavy atom. The summed E-state index contributed by atoms with van der Waals surface area (Å²) in [5, 5.41) is 6.95. The lowest BCUT2D eigenvalue weighted by atomic mass is 9.86. The number of benzene rings is 2. The summed E-state index contributed by atoms with van der Waals surface area (Å²) in [5.74, 6) is 1.25. The highest BCUT2D eigenvalue weighted by Crippen LogP contribution is 2.38. The SMILES string of the molecule is O=C1CCCC2=C1C(c1ccccc1Cl)N=C(Nc1ncc(-c3ccccc3)o1)N2. The van der Waals surface area contributed by atoms with Crippen LogP contribution in [-0.2, 0) is 4.79 Å². The number of halogens is 1. The maximum absolute atomic E-state index is 12.7. The van der Waals surface area contributed by atoms with Crippen LogP contribution in [0.3, 0.4) is 0 Å². The number of nitrogens with zero attached hydrogens (tertiary/aromatic N) is 2. The number of aliphatic imine (C=N–C) groups is 1. The molecule has 2 aromatic carbocycles. The summed E-state index contributed by atoms with van der Waals surface area (Å²) in [6.45, 7) is 0. The zero-order valence-corrected chi connectivity index (χ0v) is 16.8. The number of Topliss-reactive ketones (excluding diaryl/α,β-unsaturated/α-hetero) is 1. The number of allylic oxidation sites excluding steroid dienone is 1. The molecule has 0 radical (unpaired) electrons. The first-order chi connectivity index (χ1) is 14.7. The Bertz CT molecular complexity index is 1170. The Morgan fingerprint density at radius 1 is 1.07 bits per heavy atom. The number of anilines is 1. The number of hydrogen-bond acceptors (Lipinski definition) is 6. The van der Waals surface area contributed by atoms with Crippen molar-refractivity contribution in [1.29, 1.82) is 0 Å². The molecule has 2 aliphatic rings. The fraction of sp³-hybridized carbons (Fsp3) is 0.174. The number of carbonyl (C=O) groups excluding carboxylic acids is 1. The van der Waals surface area contributed by atoms with Crippen molar-refractivity contribution >= 4 is 29.4 Å². The second kappa shape index (κ2) is 7.80. The van der Waals surface area contributed by atoms with Crippen LogP contribution in [0.25, 0.3) is 11.3 Å². The Hall–Kier alpha value is -3.38. The fourth-order valence-corrected chi connectivity index (χ4v) is 4.07. The van der Waals surface area contributed by atoms with Gasteiger partial charge in [0.25, 0.3) is 0 Å². The van der Waals surface area contributed by atoms with Crippen LogP contribution in [0.2, 0.25) is 5.02 Å². The summed E-state index contributed by atoms with van der Waals surface area (Å²) in [4.78, 5) is 21.8. The number of hydrogen-bond donors (Lipinski definition) is 2. The number of nitrogens with one attached hydrogen (secondary N) is 2. The molecule has 1 aromatic heterocycles. The van der Waals surface area contributed by atoms with Gasteiger partial charge in [0.15, 0.2) is 11.5 Å². The Kier molecular flexibility index (Phi) is 4.85. The van der Waals surface area contributed by atoms with Crippen molar-refractivity contribution in [1.82, 2.24) is 10.3 Å². The summed E-state index contributed by atoms with van der Waals surface area (Å²) in [5.41, 5.74) is 3.31. The fourth-order valence-electron chi connectivity index (χ4n) is 3.83. The lowest BCUT2D eigenvalue weighted by molar-refractivity contribution is -0.116. The smallest absolute Gasteiger partial charge is 0.302 e. The van der Waals surface area contributed by atoms with E-state index in [0.717, 1.165) is 29.7 Å². The van der Waals surface area contributed by atoms with E-state index in [4.69, 9.17) is 21.0 Å². The van der Waals surface area contributed by atoms with Crippen molar-refractivity contribution in [3.63, 3.8) is 0 Å². The molecular formula is C23H19ClN4O2. The van der Waals surface area contributed by atoms with Gasteiger partial charge in [-0.2, -0.15) is 0 Å². The van der Waals surface area contributed by atoms with Crippen LogP contribution in [0, 0.1) is 0 Å². The third kappa shape index (κ3) is 3.50. The van der Waals surface area contributed by atoms with Gasteiger partial charge in [-0.3, -0.25) is 10.1 Å². The first-order valence-electron chi connectivity index (χ1n) is 9.83. The predicted molar refractivity (Wildman–Crippen MR) is 116 cm³/mol. The maximum atomic E-state index is 12.7. The summed E-state index contributed by atoms with van der Waals surface area (Å²) in [6, 6.07) is 17.1. The van der Waals surface area contributed by atoms with Crippen LogP contribution in [0.1, 0.15) is 30.9 Å². The zero-order valence-electron chi connectivity index (χ0n) is 16.1. The monoisotopic (exact) mass is 418 g/mol. The molecule has 0 amide bonds. The van der Waals surface area contributed by atoms with E-state index in [-0.39, 0.29) is 5.78 Å². The minimum atomic E-state index is -0.464. The van der Waals surface area contributed by atoms with Gasteiger partial charge in [-0.05, 0) is 24.5 Å². The van der Waals surface area contributed by atoms with Gasteiger partial charge in [0.1, 0.15) is 6.04 Å². The molecule has 0 bridgehead atoms. The van der Waals surface area contributed by atoms with Crippen LogP contribution < -0.4 is 10.6 Å². The highest BCUT2D eigenvalue weighted by molar-refractivity contribution is 6.31. The lowest BCUT2D eigenvalue weighted by Crippen LogP contribution is -2.38. The van der Waals surface area contributed by atoms with E-state index in [1.165, 1.54) is 0 Å². The van der Waals surface area contributed by atoms with Gasteiger partial charge in [0, 0.05) is 28.3 Å². The summed E-state index contributed by atoms with van der Waals surface area (Å²) in [7, 11) is 0. The molecule has 150 valence electrons. The first kappa shape index (κ1) is 18.6. The van der Waals surface area contributed by atoms with Gasteiger partial charge in [-0.15, -0.1) is 0 Å². The molecule has 1 atom stereocenters. The Balaban J connectivity index is 1.47. The van der Waals surface area contributed by atoms with Gasteiger partial charge in [0.05, 0.1) is 6.20 Å². The largest absolute Gasteiger partial charge is 0.423 e. The van der Waals surface area contributed by atoms with Gasteiger partial charge in [-0.1, -0.05) is 60.1 Å². The molecule has 7 heteroatoms. The molecule has 1 aliphatic carbocycles. The molecule has 5 rings (SSSR count). The van der Waals surface area contributed by atoms with E-state index in [1.54, 1.807) is 6.20 Å². The minimum absolute atomic E-state index is 0.110. The first-order valence-corrected chi connectivity index (χ1v) is 10.2. The quantitative estimate of drug-likeness (QED) is 0.617. The van der Waals surface area contributed by atoms with Crippen molar-refractivity contribution in [2.75, 3.05) is 5.32 Å². The third-order valence-corrected chi connectivity index (χ3v) is 5.59. The van der Waals surface area contributed by atoms with E-state index in [2.05, 4.69) is 15.6 Å². The van der Waals surface area contributed by atoms with Gasteiger partial charge in [-0.25, -0.2) is 9.98 Å². The van der Waals surface area contributed by atoms with Crippen LogP contribution in [0.4, 0.5) is 6.01 Å². The lowest BCUT2D eigenvalue weighted by Gasteiger charge is -2.30. The molecule has 0 fully saturated rings. The second-order valence-corrected chi connectivity index (χ2v) is 7.62. The van der Waals surface area contributed by atoms with Crippen LogP contribution >= 0.6 is 11.6 Å². The number of aromatic nitrogens is 1. The normalized spacial score (nSPS) is 18.5. The van der Waals surface area contributed by atoms with E-state index in [9.17, 15) is 4.79 Å². The van der Waals surface area contributed by atoms with E-state index >= 15 is 0 Å². The molecule has 6 nitrogen and oxygen atoms in total. The minimum Gasteiger partial charge on any atom is -0.423 e. The predicted octanol–water partition coefficient (Wildman–Crippen LogP) is 5.11. The molecule has 1 unspecified atom stereocenters. The molecule has 0 saturated heterocycles. The third-order valence-electron chi connectivity index (χ3n) is 5.25. The topological polar surface area (TPSA) is 79.5 Å². The number of guanidine groups is 1. The van der Waals surface area contributed by atoms with E-state index < -0.39 is 6.04 Å². The summed E-state index contributed by atoms with van der Waals surface area (Å²) in [6.07, 6.45) is 3.79. The van der Waals surface area contributed by atoms with Crippen LogP contribution in [0.5, 0.6) is 0 Å². The molecule has 0 saturated carbocycles. The van der Waals surface area contributed by atoms with Gasteiger partial charge in [0.2, 0.25) is 5.96 Å². The maximum Gasteiger partial charge on any atom is 0.302 e. The van der Waals surface area contributed by atoms with Crippen LogP contribution in [-0.4, -0.2) is 16.7 Å². The molecule has 0 spiro atoms. The summed E-state index contributed by atoms with van der Waals surface area (Å²) < 4.78 is 5.84. The Labute approximate surface area is 178 Å². The zero-order chi connectivity index (χ0) is 20.5. The summed E-state index contributed by atoms with van der Waals surface area (Å²) >= 11 is 6.44. The highest BCUT2D eigenvalue weighted by Gasteiger charge is 2.33. The number of ketones is 1. The average molecular weight is 419 g/mol. The van der Waals surface area contributed by atoms with Crippen molar-refractivity contribution < 1.29 is 9.21 Å². The number of oxazole rings is 1. The van der Waals surface area contributed by atoms with Crippen molar-refractivity contribution in [3.05, 3.63) is 82.7 Å². The standard InChI is InChI=1S/C23H19ClN4O2/c24-16-10-5-4-9-15(16)21-20-17(11-6-12-18(20)29)26-22(27-21)28-23-25-13-19(30-23)14-7-2-1-3-8-14/h1-5,7-10,13,21H,6,11-12H2,(H2,25,26,27,28).